The van der Waals surface area contributed by atoms with Gasteiger partial charge >= 0.3 is 0 Å². The van der Waals surface area contributed by atoms with Gasteiger partial charge in [-0.15, -0.1) is 10.2 Å². The van der Waals surface area contributed by atoms with Crippen LogP contribution in [0.2, 0.25) is 0 Å². The first-order chi connectivity index (χ1) is 12.5. The Morgan fingerprint density at radius 2 is 2.08 bits per heavy atom. The van der Waals surface area contributed by atoms with Crippen LogP contribution in [-0.2, 0) is 11.2 Å². The fourth-order valence-electron chi connectivity index (χ4n) is 3.15. The first-order valence-corrected chi connectivity index (χ1v) is 9.28. The Morgan fingerprint density at radius 1 is 1.27 bits per heavy atom. The zero-order chi connectivity index (χ0) is 18.3. The lowest BCUT2D eigenvalue weighted by Crippen LogP contribution is -2.30. The summed E-state index contributed by atoms with van der Waals surface area (Å²) in [5, 5.41) is 13.1. The molecule has 8 nitrogen and oxygen atoms in total. The molecule has 2 aromatic heterocycles. The number of nitrogens with two attached hydrogens (primary N) is 1. The Hall–Kier alpha value is -2.81. The van der Waals surface area contributed by atoms with E-state index in [1.807, 2.05) is 43.0 Å². The number of para-hydroxylation sites is 1. The van der Waals surface area contributed by atoms with Crippen LogP contribution >= 0.6 is 11.8 Å². The second-order valence-electron chi connectivity index (χ2n) is 6.20. The van der Waals surface area contributed by atoms with Gasteiger partial charge < -0.3 is 10.7 Å². The molecule has 1 amide bonds. The topological polar surface area (TPSA) is 94.9 Å². The molecule has 0 spiro atoms. The normalized spacial score (nSPS) is 13.2. The molecule has 0 saturated carbocycles. The highest BCUT2D eigenvalue weighted by molar-refractivity contribution is 7.99. The number of nitrogen functional groups attached to an aromatic ring is 1. The molecule has 9 heteroatoms. The highest BCUT2D eigenvalue weighted by atomic mass is 32.2. The summed E-state index contributed by atoms with van der Waals surface area (Å²) in [5.41, 5.74) is 4.00. The molecule has 1 aromatic carbocycles. The van der Waals surface area contributed by atoms with E-state index >= 15 is 0 Å². The van der Waals surface area contributed by atoms with Gasteiger partial charge in [0.2, 0.25) is 11.1 Å². The fraction of sp³-hybridized carbons (Fsp3) is 0.294. The lowest BCUT2D eigenvalue weighted by molar-refractivity contribution is -0.116. The summed E-state index contributed by atoms with van der Waals surface area (Å²) in [4.78, 5) is 14.4. The molecule has 0 saturated heterocycles. The number of hydrogen-bond donors (Lipinski definition) is 1. The van der Waals surface area contributed by atoms with Crippen molar-refractivity contribution >= 4 is 23.4 Å². The number of carbonyl (C=O) groups excluding carboxylic acids is 1. The monoisotopic (exact) mass is 369 g/mol. The van der Waals surface area contributed by atoms with Crippen LogP contribution in [0.15, 0.2) is 35.5 Å². The average molecular weight is 369 g/mol. The van der Waals surface area contributed by atoms with Crippen LogP contribution in [0.25, 0.3) is 5.95 Å². The van der Waals surface area contributed by atoms with Gasteiger partial charge in [0.05, 0.1) is 11.4 Å². The van der Waals surface area contributed by atoms with Crippen molar-refractivity contribution in [2.75, 3.05) is 23.0 Å². The molecule has 4 rings (SSSR count). The molecule has 0 unspecified atom stereocenters. The van der Waals surface area contributed by atoms with Crippen LogP contribution in [0.5, 0.6) is 0 Å². The van der Waals surface area contributed by atoms with E-state index in [0.29, 0.717) is 17.6 Å². The summed E-state index contributed by atoms with van der Waals surface area (Å²) in [6, 6.07) is 9.94. The van der Waals surface area contributed by atoms with Crippen molar-refractivity contribution < 1.29 is 4.79 Å². The highest BCUT2D eigenvalue weighted by Gasteiger charge is 2.25. The van der Waals surface area contributed by atoms with Gasteiger partial charge in [-0.2, -0.15) is 5.10 Å². The molecule has 3 aromatic rings. The van der Waals surface area contributed by atoms with E-state index in [2.05, 4.69) is 21.4 Å². The van der Waals surface area contributed by atoms with E-state index in [0.717, 1.165) is 23.5 Å². The molecule has 3 heterocycles. The molecule has 26 heavy (non-hydrogen) atoms. The van der Waals surface area contributed by atoms with E-state index < -0.39 is 0 Å². The van der Waals surface area contributed by atoms with E-state index in [-0.39, 0.29) is 11.7 Å². The summed E-state index contributed by atoms with van der Waals surface area (Å²) in [5.74, 6) is 6.83. The third-order valence-corrected chi connectivity index (χ3v) is 5.29. The van der Waals surface area contributed by atoms with E-state index in [9.17, 15) is 4.79 Å². The van der Waals surface area contributed by atoms with Crippen LogP contribution in [0.4, 0.5) is 5.69 Å². The Morgan fingerprint density at radius 3 is 2.85 bits per heavy atom. The minimum atomic E-state index is 0.0376. The van der Waals surface area contributed by atoms with Crippen LogP contribution in [0.1, 0.15) is 17.0 Å². The van der Waals surface area contributed by atoms with Gasteiger partial charge in [0.15, 0.2) is 0 Å². The second-order valence-corrected chi connectivity index (χ2v) is 7.15. The molecule has 0 bridgehead atoms. The fourth-order valence-corrected chi connectivity index (χ4v) is 3.87. The average Bonchev–Trinajstić information content (AvgIpc) is 3.30. The molecule has 1 aliphatic rings. The highest BCUT2D eigenvalue weighted by Crippen LogP contribution is 2.28. The third-order valence-electron chi connectivity index (χ3n) is 4.36. The van der Waals surface area contributed by atoms with Gasteiger partial charge in [-0.05, 0) is 38.0 Å². The number of rotatable bonds is 4. The van der Waals surface area contributed by atoms with Crippen molar-refractivity contribution in [2.45, 2.75) is 25.4 Å². The van der Waals surface area contributed by atoms with Gasteiger partial charge in [0, 0.05) is 17.9 Å². The minimum Gasteiger partial charge on any atom is -0.334 e. The van der Waals surface area contributed by atoms with Crippen molar-refractivity contribution in [3.05, 3.63) is 47.3 Å². The number of fused-ring (bicyclic) bond motifs is 1. The number of benzene rings is 1. The predicted molar refractivity (Wildman–Crippen MR) is 100.0 cm³/mol. The lowest BCUT2D eigenvalue weighted by Gasteiger charge is -2.16. The Kier molecular flexibility index (Phi) is 4.15. The first kappa shape index (κ1) is 16.6. The van der Waals surface area contributed by atoms with Gasteiger partial charge in [0.1, 0.15) is 0 Å². The number of anilines is 1. The molecule has 0 fully saturated rings. The molecule has 0 atom stereocenters. The van der Waals surface area contributed by atoms with Crippen molar-refractivity contribution in [3.8, 4) is 5.95 Å². The van der Waals surface area contributed by atoms with Gasteiger partial charge in [0.25, 0.3) is 5.95 Å². The number of amides is 1. The number of aryl methyl sites for hydroxylation is 2. The van der Waals surface area contributed by atoms with Gasteiger partial charge in [-0.3, -0.25) is 4.79 Å². The van der Waals surface area contributed by atoms with Crippen LogP contribution in [0, 0.1) is 13.8 Å². The standard InChI is InChI=1S/C17H19N7OS/c1-11-9-12(2)24(21-11)16-19-20-17(23(16)18)26-10-15(25)22-8-7-13-5-3-4-6-14(13)22/h3-6,9H,7-8,10,18H2,1-2H3. The van der Waals surface area contributed by atoms with Crippen LogP contribution < -0.4 is 10.7 Å². The summed E-state index contributed by atoms with van der Waals surface area (Å²) in [7, 11) is 0. The Bertz CT molecular complexity index is 977. The second kappa shape index (κ2) is 6.49. The van der Waals surface area contributed by atoms with Crippen molar-refractivity contribution in [1.29, 1.82) is 0 Å². The van der Waals surface area contributed by atoms with Gasteiger partial charge in [-0.1, -0.05) is 30.0 Å². The number of aromatic nitrogens is 5. The molecule has 0 aliphatic carbocycles. The lowest BCUT2D eigenvalue weighted by atomic mass is 10.2. The van der Waals surface area contributed by atoms with E-state index in [1.165, 1.54) is 22.0 Å². The Labute approximate surface area is 155 Å². The van der Waals surface area contributed by atoms with Crippen molar-refractivity contribution in [2.24, 2.45) is 0 Å². The maximum absolute atomic E-state index is 12.6. The Balaban J connectivity index is 1.48. The largest absolute Gasteiger partial charge is 0.334 e. The number of carbonyl (C=O) groups is 1. The van der Waals surface area contributed by atoms with E-state index in [4.69, 9.17) is 5.84 Å². The zero-order valence-corrected chi connectivity index (χ0v) is 15.4. The van der Waals surface area contributed by atoms with E-state index in [1.54, 1.807) is 4.68 Å². The predicted octanol–water partition coefficient (Wildman–Crippen LogP) is 1.48. The summed E-state index contributed by atoms with van der Waals surface area (Å²) in [6.45, 7) is 4.55. The zero-order valence-electron chi connectivity index (χ0n) is 14.6. The van der Waals surface area contributed by atoms with Gasteiger partial charge in [-0.25, -0.2) is 9.36 Å². The first-order valence-electron chi connectivity index (χ1n) is 8.30. The number of hydrogen-bond acceptors (Lipinski definition) is 6. The van der Waals surface area contributed by atoms with Crippen LogP contribution in [0.3, 0.4) is 0 Å². The molecule has 2 N–H and O–H groups in total. The maximum atomic E-state index is 12.6. The summed E-state index contributed by atoms with van der Waals surface area (Å²) in [6.07, 6.45) is 0.891. The van der Waals surface area contributed by atoms with Crippen LogP contribution in [-0.4, -0.2) is 42.9 Å². The summed E-state index contributed by atoms with van der Waals surface area (Å²) < 4.78 is 3.01. The SMILES string of the molecule is Cc1cc(C)n(-c2nnc(SCC(=O)N3CCc4ccccc43)n2N)n1. The molecule has 1 aliphatic heterocycles. The third kappa shape index (κ3) is 2.84. The maximum Gasteiger partial charge on any atom is 0.271 e. The molecule has 134 valence electrons. The minimum absolute atomic E-state index is 0.0376. The number of nitrogens with zero attached hydrogens (tertiary/aromatic N) is 6. The summed E-state index contributed by atoms with van der Waals surface area (Å²) >= 11 is 1.28. The quantitative estimate of drug-likeness (QED) is 0.553. The van der Waals surface area contributed by atoms with Crippen molar-refractivity contribution in [1.82, 2.24) is 24.7 Å². The van der Waals surface area contributed by atoms with Crippen molar-refractivity contribution in [3.63, 3.8) is 0 Å². The molecule has 0 radical (unpaired) electrons. The smallest absolute Gasteiger partial charge is 0.271 e. The number of thioether (sulfide) groups is 1. The molecular formula is C17H19N7OS. The molecular weight excluding hydrogens is 350 g/mol.